The van der Waals surface area contributed by atoms with Crippen molar-refractivity contribution in [3.05, 3.63) is 101 Å². The molecule has 1 heterocycles. The summed E-state index contributed by atoms with van der Waals surface area (Å²) in [6, 6.07) is 31.7. The minimum atomic E-state index is 0.0198. The summed E-state index contributed by atoms with van der Waals surface area (Å²) in [4.78, 5) is 0. The standard InChI is InChI=1S/C35H30ClN/c36-29-11-5-9-26-27-10-6-14-32(37-30-12-3-1-7-24(30)25-8-2-4-13-31(25)37)34(27)35(33(26)29)23-18-17-22-16-15-21(19-23)20-28(22)35/h1-14,21-23,28H,15-20H2. The lowest BCUT2D eigenvalue weighted by Gasteiger charge is -2.60. The van der Waals surface area contributed by atoms with E-state index in [2.05, 4.69) is 89.5 Å². The average Bonchev–Trinajstić information content (AvgIpc) is 3.41. The molecule has 4 aliphatic rings. The van der Waals surface area contributed by atoms with Gasteiger partial charge in [0.1, 0.15) is 0 Å². The van der Waals surface area contributed by atoms with Gasteiger partial charge < -0.3 is 4.57 Å². The molecule has 3 fully saturated rings. The highest BCUT2D eigenvalue weighted by Gasteiger charge is 2.62. The van der Waals surface area contributed by atoms with E-state index in [-0.39, 0.29) is 5.41 Å². The van der Waals surface area contributed by atoms with Crippen LogP contribution in [0.4, 0.5) is 0 Å². The van der Waals surface area contributed by atoms with Crippen molar-refractivity contribution >= 4 is 33.4 Å². The number of rotatable bonds is 1. The molecule has 1 aromatic heterocycles. The maximum atomic E-state index is 7.26. The van der Waals surface area contributed by atoms with Crippen LogP contribution >= 0.6 is 11.6 Å². The van der Waals surface area contributed by atoms with Gasteiger partial charge in [0.25, 0.3) is 0 Å². The first kappa shape index (κ1) is 21.0. The molecule has 37 heavy (non-hydrogen) atoms. The summed E-state index contributed by atoms with van der Waals surface area (Å²) in [6.07, 6.45) is 8.29. The molecule has 182 valence electrons. The Morgan fingerprint density at radius 1 is 0.649 bits per heavy atom. The van der Waals surface area contributed by atoms with E-state index in [1.54, 1.807) is 5.56 Å². The van der Waals surface area contributed by atoms with E-state index in [1.165, 1.54) is 82.7 Å². The number of aromatic nitrogens is 1. The normalized spacial score (nSPS) is 29.2. The Kier molecular flexibility index (Phi) is 4.13. The molecule has 2 heteroatoms. The molecule has 0 aliphatic heterocycles. The van der Waals surface area contributed by atoms with E-state index in [4.69, 9.17) is 11.6 Å². The number of para-hydroxylation sites is 2. The molecule has 9 rings (SSSR count). The van der Waals surface area contributed by atoms with Crippen molar-refractivity contribution in [1.82, 2.24) is 4.57 Å². The molecule has 1 spiro atoms. The van der Waals surface area contributed by atoms with Crippen molar-refractivity contribution in [2.24, 2.45) is 23.7 Å². The van der Waals surface area contributed by atoms with Crippen LogP contribution in [0.1, 0.15) is 49.7 Å². The smallest absolute Gasteiger partial charge is 0.0541 e. The van der Waals surface area contributed by atoms with E-state index in [1.807, 2.05) is 0 Å². The quantitative estimate of drug-likeness (QED) is 0.216. The molecule has 5 aromatic rings. The molecule has 4 aromatic carbocycles. The fourth-order valence-electron chi connectivity index (χ4n) is 9.73. The van der Waals surface area contributed by atoms with Crippen LogP contribution in [0, 0.1) is 23.7 Å². The minimum absolute atomic E-state index is 0.0198. The van der Waals surface area contributed by atoms with Gasteiger partial charge in [0.2, 0.25) is 0 Å². The van der Waals surface area contributed by atoms with E-state index < -0.39 is 0 Å². The van der Waals surface area contributed by atoms with Gasteiger partial charge >= 0.3 is 0 Å². The number of fused-ring (bicyclic) bond motifs is 7. The van der Waals surface area contributed by atoms with Crippen molar-refractivity contribution in [2.75, 3.05) is 0 Å². The minimum Gasteiger partial charge on any atom is -0.309 e. The zero-order valence-electron chi connectivity index (χ0n) is 21.0. The van der Waals surface area contributed by atoms with Crippen molar-refractivity contribution in [3.8, 4) is 16.8 Å². The van der Waals surface area contributed by atoms with Gasteiger partial charge in [-0.3, -0.25) is 0 Å². The first-order chi connectivity index (χ1) is 18.3. The predicted octanol–water partition coefficient (Wildman–Crippen LogP) is 9.55. The SMILES string of the molecule is Clc1cccc2c1C1(c3c-2cccc3-n2c3ccccc3c3ccccc32)C2CCC3CCC(C2)CC31. The second-order valence-corrected chi connectivity index (χ2v) is 12.6. The highest BCUT2D eigenvalue weighted by atomic mass is 35.5. The van der Waals surface area contributed by atoms with Crippen molar-refractivity contribution < 1.29 is 0 Å². The van der Waals surface area contributed by atoms with Gasteiger partial charge in [-0.05, 0) is 102 Å². The monoisotopic (exact) mass is 499 g/mol. The zero-order chi connectivity index (χ0) is 24.3. The van der Waals surface area contributed by atoms with Gasteiger partial charge in [-0.2, -0.15) is 0 Å². The second-order valence-electron chi connectivity index (χ2n) is 12.2. The van der Waals surface area contributed by atoms with E-state index in [0.29, 0.717) is 11.8 Å². The summed E-state index contributed by atoms with van der Waals surface area (Å²) in [5.41, 5.74) is 9.84. The topological polar surface area (TPSA) is 4.93 Å². The fraction of sp³-hybridized carbons (Fsp3) is 0.314. The van der Waals surface area contributed by atoms with Gasteiger partial charge in [0.15, 0.2) is 0 Å². The third-order valence-electron chi connectivity index (χ3n) is 10.8. The lowest BCUT2D eigenvalue weighted by atomic mass is 9.43. The molecule has 0 saturated heterocycles. The van der Waals surface area contributed by atoms with E-state index in [0.717, 1.165) is 16.9 Å². The van der Waals surface area contributed by atoms with Gasteiger partial charge in [-0.15, -0.1) is 0 Å². The van der Waals surface area contributed by atoms with Crippen LogP contribution in [0.5, 0.6) is 0 Å². The number of nitrogens with zero attached hydrogens (tertiary/aromatic N) is 1. The van der Waals surface area contributed by atoms with Gasteiger partial charge in [-0.1, -0.05) is 78.7 Å². The molecular weight excluding hydrogens is 470 g/mol. The fourth-order valence-corrected chi connectivity index (χ4v) is 10.1. The van der Waals surface area contributed by atoms with E-state index in [9.17, 15) is 0 Å². The maximum absolute atomic E-state index is 7.26. The highest BCUT2D eigenvalue weighted by Crippen LogP contribution is 2.70. The van der Waals surface area contributed by atoms with Gasteiger partial charge in [0, 0.05) is 21.2 Å². The average molecular weight is 500 g/mol. The maximum Gasteiger partial charge on any atom is 0.0541 e. The largest absolute Gasteiger partial charge is 0.309 e. The molecular formula is C35H30ClN. The number of benzene rings is 4. The first-order valence-electron chi connectivity index (χ1n) is 14.2. The Balaban J connectivity index is 1.45. The molecule has 0 amide bonds. The third-order valence-corrected chi connectivity index (χ3v) is 11.1. The number of halogens is 1. The van der Waals surface area contributed by atoms with Crippen LogP contribution in [0.15, 0.2) is 84.9 Å². The lowest BCUT2D eigenvalue weighted by Crippen LogP contribution is -2.55. The Morgan fingerprint density at radius 3 is 2.11 bits per heavy atom. The number of hydrogen-bond acceptors (Lipinski definition) is 0. The Labute approximate surface area is 223 Å². The van der Waals surface area contributed by atoms with Crippen LogP contribution in [0.25, 0.3) is 38.6 Å². The summed E-state index contributed by atoms with van der Waals surface area (Å²) in [6.45, 7) is 0. The summed E-state index contributed by atoms with van der Waals surface area (Å²) in [7, 11) is 0. The summed E-state index contributed by atoms with van der Waals surface area (Å²) in [5.74, 6) is 3.07. The molecule has 4 aliphatic carbocycles. The Bertz CT molecular complexity index is 1690. The predicted molar refractivity (Wildman–Crippen MR) is 154 cm³/mol. The summed E-state index contributed by atoms with van der Waals surface area (Å²) >= 11 is 7.26. The van der Waals surface area contributed by atoms with Crippen LogP contribution in [-0.2, 0) is 5.41 Å². The van der Waals surface area contributed by atoms with Crippen molar-refractivity contribution in [1.29, 1.82) is 0 Å². The van der Waals surface area contributed by atoms with Gasteiger partial charge in [0.05, 0.1) is 16.7 Å². The van der Waals surface area contributed by atoms with Crippen LogP contribution < -0.4 is 0 Å². The van der Waals surface area contributed by atoms with Crippen LogP contribution in [0.3, 0.4) is 0 Å². The summed E-state index contributed by atoms with van der Waals surface area (Å²) < 4.78 is 2.58. The van der Waals surface area contributed by atoms with Crippen LogP contribution in [-0.4, -0.2) is 4.57 Å². The molecule has 5 unspecified atom stereocenters. The van der Waals surface area contributed by atoms with Gasteiger partial charge in [-0.25, -0.2) is 0 Å². The molecule has 3 saturated carbocycles. The lowest BCUT2D eigenvalue weighted by molar-refractivity contribution is -0.0320. The molecule has 5 atom stereocenters. The molecule has 3 bridgehead atoms. The first-order valence-corrected chi connectivity index (χ1v) is 14.6. The van der Waals surface area contributed by atoms with Crippen LogP contribution in [0.2, 0.25) is 5.02 Å². The third kappa shape index (κ3) is 2.48. The molecule has 0 radical (unpaired) electrons. The zero-order valence-corrected chi connectivity index (χ0v) is 21.7. The summed E-state index contributed by atoms with van der Waals surface area (Å²) in [5, 5.41) is 3.65. The number of hydrogen-bond donors (Lipinski definition) is 0. The van der Waals surface area contributed by atoms with E-state index >= 15 is 0 Å². The second kappa shape index (κ2) is 7.29. The molecule has 1 nitrogen and oxygen atoms in total. The molecule has 0 N–H and O–H groups in total. The highest BCUT2D eigenvalue weighted by molar-refractivity contribution is 6.32. The van der Waals surface area contributed by atoms with Crippen molar-refractivity contribution in [2.45, 2.75) is 43.9 Å². The Hall–Kier alpha value is -3.03. The van der Waals surface area contributed by atoms with Crippen molar-refractivity contribution in [3.63, 3.8) is 0 Å². The Morgan fingerprint density at radius 2 is 1.32 bits per heavy atom.